The molecule has 1 aromatic carbocycles. The van der Waals surface area contributed by atoms with Gasteiger partial charge in [0.15, 0.2) is 5.82 Å². The number of nitrogens with one attached hydrogen (secondary N) is 1. The van der Waals surface area contributed by atoms with Crippen LogP contribution in [0.2, 0.25) is 5.02 Å². The number of carbonyl (C=O) groups is 1. The first-order valence-electron chi connectivity index (χ1n) is 7.29. The summed E-state index contributed by atoms with van der Waals surface area (Å²) in [6.07, 6.45) is 3.80. The first-order valence-corrected chi connectivity index (χ1v) is 8.65. The van der Waals surface area contributed by atoms with Crippen molar-refractivity contribution in [1.82, 2.24) is 19.5 Å². The van der Waals surface area contributed by atoms with Gasteiger partial charge in [0.05, 0.1) is 5.75 Å². The Labute approximate surface area is 148 Å². The molecule has 8 heteroatoms. The molecule has 0 aliphatic carbocycles. The van der Waals surface area contributed by atoms with Gasteiger partial charge in [0.2, 0.25) is 11.1 Å². The third-order valence-corrected chi connectivity index (χ3v) is 4.70. The molecule has 3 rings (SSSR count). The minimum Gasteiger partial charge on any atom is -0.325 e. The number of amides is 1. The number of halogens is 1. The van der Waals surface area contributed by atoms with Crippen molar-refractivity contribution in [2.75, 3.05) is 11.1 Å². The molecule has 24 heavy (non-hydrogen) atoms. The second-order valence-corrected chi connectivity index (χ2v) is 6.56. The Morgan fingerprint density at radius 1 is 1.25 bits per heavy atom. The van der Waals surface area contributed by atoms with Gasteiger partial charge in [-0.1, -0.05) is 29.4 Å². The number of hydrogen-bond acceptors (Lipinski definition) is 4. The molecule has 0 aliphatic heterocycles. The molecule has 0 saturated heterocycles. The standard InChI is InChI=1S/C16H16ClN5OS/c1-11-5-6-13(9-14(11)17)18-15(23)10-24-16-20-19-12(2)22(16)21-7-3-4-8-21/h3-9H,10H2,1-2H3,(H,18,23). The maximum atomic E-state index is 12.1. The minimum atomic E-state index is -0.125. The van der Waals surface area contributed by atoms with Crippen molar-refractivity contribution in [3.8, 4) is 0 Å². The van der Waals surface area contributed by atoms with Crippen LogP contribution in [0, 0.1) is 13.8 Å². The average Bonchev–Trinajstić information content (AvgIpc) is 3.18. The summed E-state index contributed by atoms with van der Waals surface area (Å²) in [5.74, 6) is 0.851. The number of hydrogen-bond donors (Lipinski definition) is 1. The van der Waals surface area contributed by atoms with Crippen molar-refractivity contribution in [2.24, 2.45) is 0 Å². The highest BCUT2D eigenvalue weighted by atomic mass is 35.5. The van der Waals surface area contributed by atoms with Gasteiger partial charge in [-0.3, -0.25) is 9.47 Å². The summed E-state index contributed by atoms with van der Waals surface area (Å²) in [6, 6.07) is 9.28. The van der Waals surface area contributed by atoms with E-state index in [-0.39, 0.29) is 11.7 Å². The SMILES string of the molecule is Cc1ccc(NC(=O)CSc2nnc(C)n2-n2cccc2)cc1Cl. The molecule has 0 radical (unpaired) electrons. The van der Waals surface area contributed by atoms with Gasteiger partial charge in [-0.2, -0.15) is 0 Å². The zero-order valence-electron chi connectivity index (χ0n) is 13.2. The molecule has 1 amide bonds. The summed E-state index contributed by atoms with van der Waals surface area (Å²) in [5, 5.41) is 12.3. The lowest BCUT2D eigenvalue weighted by molar-refractivity contribution is -0.113. The van der Waals surface area contributed by atoms with Crippen LogP contribution >= 0.6 is 23.4 Å². The molecule has 3 aromatic rings. The van der Waals surface area contributed by atoms with Crippen molar-refractivity contribution >= 4 is 35.0 Å². The van der Waals surface area contributed by atoms with Gasteiger partial charge in [0.25, 0.3) is 0 Å². The predicted molar refractivity (Wildman–Crippen MR) is 95.5 cm³/mol. The fourth-order valence-corrected chi connectivity index (χ4v) is 3.11. The maximum Gasteiger partial charge on any atom is 0.234 e. The van der Waals surface area contributed by atoms with Crippen molar-refractivity contribution in [3.05, 3.63) is 59.1 Å². The number of benzene rings is 1. The van der Waals surface area contributed by atoms with Crippen LogP contribution in [0.15, 0.2) is 47.9 Å². The van der Waals surface area contributed by atoms with Crippen LogP contribution in [0.5, 0.6) is 0 Å². The topological polar surface area (TPSA) is 64.7 Å². The Bertz CT molecular complexity index is 859. The third-order valence-electron chi connectivity index (χ3n) is 3.38. The molecule has 2 heterocycles. The number of rotatable bonds is 5. The minimum absolute atomic E-state index is 0.125. The monoisotopic (exact) mass is 361 g/mol. The summed E-state index contributed by atoms with van der Waals surface area (Å²) in [5.41, 5.74) is 1.65. The lowest BCUT2D eigenvalue weighted by Crippen LogP contribution is -2.16. The van der Waals surface area contributed by atoms with E-state index >= 15 is 0 Å². The van der Waals surface area contributed by atoms with Crippen LogP contribution in [0.1, 0.15) is 11.4 Å². The van der Waals surface area contributed by atoms with Gasteiger partial charge >= 0.3 is 0 Å². The van der Waals surface area contributed by atoms with Gasteiger partial charge in [-0.15, -0.1) is 10.2 Å². The second kappa shape index (κ2) is 7.11. The van der Waals surface area contributed by atoms with E-state index in [0.717, 1.165) is 11.4 Å². The highest BCUT2D eigenvalue weighted by Crippen LogP contribution is 2.21. The summed E-state index contributed by atoms with van der Waals surface area (Å²) >= 11 is 7.39. The molecule has 0 aliphatic rings. The van der Waals surface area contributed by atoms with Crippen molar-refractivity contribution in [2.45, 2.75) is 19.0 Å². The van der Waals surface area contributed by atoms with Gasteiger partial charge in [-0.05, 0) is 43.7 Å². The normalized spacial score (nSPS) is 10.8. The molecule has 0 spiro atoms. The van der Waals surface area contributed by atoms with Crippen LogP contribution in [0.25, 0.3) is 0 Å². The van der Waals surface area contributed by atoms with Gasteiger partial charge < -0.3 is 5.32 Å². The lowest BCUT2D eigenvalue weighted by Gasteiger charge is -2.09. The average molecular weight is 362 g/mol. The number of aryl methyl sites for hydroxylation is 2. The van der Waals surface area contributed by atoms with Crippen LogP contribution < -0.4 is 5.32 Å². The van der Waals surface area contributed by atoms with Gasteiger partial charge in [0.1, 0.15) is 0 Å². The number of aromatic nitrogens is 4. The van der Waals surface area contributed by atoms with Crippen LogP contribution in [0.3, 0.4) is 0 Å². The molecular formula is C16H16ClN5OS. The number of carbonyl (C=O) groups excluding carboxylic acids is 1. The summed E-state index contributed by atoms with van der Waals surface area (Å²) < 4.78 is 3.72. The van der Waals surface area contributed by atoms with E-state index in [1.807, 2.05) is 59.9 Å². The number of anilines is 1. The van der Waals surface area contributed by atoms with E-state index in [1.54, 1.807) is 6.07 Å². The first kappa shape index (κ1) is 16.6. The van der Waals surface area contributed by atoms with E-state index in [4.69, 9.17) is 11.6 Å². The quantitative estimate of drug-likeness (QED) is 0.707. The summed E-state index contributed by atoms with van der Waals surface area (Å²) in [6.45, 7) is 3.78. The zero-order valence-corrected chi connectivity index (χ0v) is 14.8. The molecule has 2 aromatic heterocycles. The van der Waals surface area contributed by atoms with E-state index in [2.05, 4.69) is 15.5 Å². The smallest absolute Gasteiger partial charge is 0.234 e. The molecule has 0 saturated carbocycles. The van der Waals surface area contributed by atoms with Crippen molar-refractivity contribution in [1.29, 1.82) is 0 Å². The van der Waals surface area contributed by atoms with Gasteiger partial charge in [-0.25, -0.2) is 4.68 Å². The molecule has 0 unspecified atom stereocenters. The fraction of sp³-hybridized carbons (Fsp3) is 0.188. The Morgan fingerprint density at radius 3 is 2.71 bits per heavy atom. The lowest BCUT2D eigenvalue weighted by atomic mass is 10.2. The van der Waals surface area contributed by atoms with E-state index in [9.17, 15) is 4.79 Å². The molecule has 6 nitrogen and oxygen atoms in total. The summed E-state index contributed by atoms with van der Waals surface area (Å²) in [4.78, 5) is 12.1. The molecular weight excluding hydrogens is 346 g/mol. The second-order valence-electron chi connectivity index (χ2n) is 5.21. The van der Waals surface area contributed by atoms with E-state index in [0.29, 0.717) is 15.9 Å². The first-order chi connectivity index (χ1) is 11.5. The number of thioether (sulfide) groups is 1. The Kier molecular flexibility index (Phi) is 4.92. The highest BCUT2D eigenvalue weighted by molar-refractivity contribution is 7.99. The zero-order chi connectivity index (χ0) is 17.1. The van der Waals surface area contributed by atoms with Crippen molar-refractivity contribution < 1.29 is 4.79 Å². The van der Waals surface area contributed by atoms with Crippen LogP contribution in [0.4, 0.5) is 5.69 Å². The molecule has 0 atom stereocenters. The van der Waals surface area contributed by atoms with Crippen molar-refractivity contribution in [3.63, 3.8) is 0 Å². The van der Waals surface area contributed by atoms with Gasteiger partial charge in [0, 0.05) is 23.1 Å². The Balaban J connectivity index is 1.66. The summed E-state index contributed by atoms with van der Waals surface area (Å²) in [7, 11) is 0. The fourth-order valence-electron chi connectivity index (χ4n) is 2.15. The van der Waals surface area contributed by atoms with Crippen LogP contribution in [-0.4, -0.2) is 31.2 Å². The largest absolute Gasteiger partial charge is 0.325 e. The maximum absolute atomic E-state index is 12.1. The Morgan fingerprint density at radius 2 is 2.00 bits per heavy atom. The predicted octanol–water partition coefficient (Wildman–Crippen LogP) is 3.39. The molecule has 1 N–H and O–H groups in total. The highest BCUT2D eigenvalue weighted by Gasteiger charge is 2.13. The van der Waals surface area contributed by atoms with E-state index in [1.165, 1.54) is 11.8 Å². The molecule has 0 fully saturated rings. The molecule has 124 valence electrons. The van der Waals surface area contributed by atoms with Crippen LogP contribution in [-0.2, 0) is 4.79 Å². The number of nitrogens with zero attached hydrogens (tertiary/aromatic N) is 4. The van der Waals surface area contributed by atoms with E-state index < -0.39 is 0 Å². The Hall–Kier alpha value is -2.25. The molecule has 0 bridgehead atoms. The third kappa shape index (κ3) is 3.63.